The molecule has 0 saturated heterocycles. The van der Waals surface area contributed by atoms with Gasteiger partial charge in [0.05, 0.1) is 5.41 Å². The number of para-hydroxylation sites is 1. The minimum absolute atomic E-state index is 0.0342. The second-order valence-corrected chi connectivity index (χ2v) is 10.4. The zero-order valence-electron chi connectivity index (χ0n) is 20.5. The fourth-order valence-corrected chi connectivity index (χ4v) is 6.82. The van der Waals surface area contributed by atoms with Crippen molar-refractivity contribution < 1.29 is 9.59 Å². The lowest BCUT2D eigenvalue weighted by atomic mass is 9.68. The molecule has 1 aromatic heterocycles. The smallest absolute Gasteiger partial charge is 0.239 e. The number of anilines is 1. The molecule has 0 unspecified atom stereocenters. The van der Waals surface area contributed by atoms with Gasteiger partial charge in [-0.15, -0.1) is 0 Å². The number of nitrogens with zero attached hydrogens (tertiary/aromatic N) is 2. The Bertz CT molecular complexity index is 1310. The summed E-state index contributed by atoms with van der Waals surface area (Å²) in [5.41, 5.74) is 7.20. The highest BCUT2D eigenvalue weighted by Gasteiger charge is 2.48. The Morgan fingerprint density at radius 3 is 2.89 bits per heavy atom. The van der Waals surface area contributed by atoms with E-state index in [0.29, 0.717) is 6.54 Å². The van der Waals surface area contributed by atoms with Gasteiger partial charge in [-0.2, -0.15) is 0 Å². The fourth-order valence-electron chi connectivity index (χ4n) is 6.82. The van der Waals surface area contributed by atoms with Gasteiger partial charge in [0.1, 0.15) is 6.54 Å². The Hall–Kier alpha value is -3.12. The van der Waals surface area contributed by atoms with Crippen LogP contribution in [0.15, 0.2) is 42.5 Å². The van der Waals surface area contributed by atoms with Crippen LogP contribution < -0.4 is 10.6 Å². The van der Waals surface area contributed by atoms with Crippen LogP contribution in [0.25, 0.3) is 10.9 Å². The molecular formula is C29H34N4O2. The maximum Gasteiger partial charge on any atom is 0.239 e. The van der Waals surface area contributed by atoms with Crippen LogP contribution in [-0.4, -0.2) is 41.4 Å². The van der Waals surface area contributed by atoms with Crippen molar-refractivity contribution in [1.29, 1.82) is 0 Å². The number of nitrogens with one attached hydrogen (secondary N) is 2. The summed E-state index contributed by atoms with van der Waals surface area (Å²) in [5, 5.41) is 7.23. The van der Waals surface area contributed by atoms with E-state index < -0.39 is 0 Å². The van der Waals surface area contributed by atoms with Gasteiger partial charge < -0.3 is 15.2 Å². The molecule has 6 rings (SSSR count). The Balaban J connectivity index is 1.14. The molecule has 2 aromatic carbocycles. The van der Waals surface area contributed by atoms with Crippen LogP contribution in [0.5, 0.6) is 0 Å². The molecule has 3 heterocycles. The number of benzene rings is 2. The fraction of sp³-hybridized carbons (Fsp3) is 0.448. The molecule has 6 nitrogen and oxygen atoms in total. The molecule has 0 saturated carbocycles. The minimum atomic E-state index is -0.320. The predicted octanol–water partition coefficient (Wildman–Crippen LogP) is 4.14. The highest BCUT2D eigenvalue weighted by molar-refractivity contribution is 6.07. The summed E-state index contributed by atoms with van der Waals surface area (Å²) in [4.78, 5) is 27.9. The lowest BCUT2D eigenvalue weighted by Crippen LogP contribution is -2.37. The van der Waals surface area contributed by atoms with Crippen LogP contribution in [0.4, 0.5) is 5.69 Å². The first-order valence-electron chi connectivity index (χ1n) is 13.1. The summed E-state index contributed by atoms with van der Waals surface area (Å²) >= 11 is 0. The first-order valence-corrected chi connectivity index (χ1v) is 13.1. The van der Waals surface area contributed by atoms with Gasteiger partial charge in [0.25, 0.3) is 0 Å². The summed E-state index contributed by atoms with van der Waals surface area (Å²) in [6.07, 6.45) is 7.21. The van der Waals surface area contributed by atoms with Crippen LogP contribution in [-0.2, 0) is 40.9 Å². The molecule has 3 aliphatic rings. The minimum Gasteiger partial charge on any atom is -0.358 e. The molecule has 3 aromatic rings. The van der Waals surface area contributed by atoms with E-state index in [4.69, 9.17) is 0 Å². The summed E-state index contributed by atoms with van der Waals surface area (Å²) in [7, 11) is 1.70. The molecule has 6 heteroatoms. The largest absolute Gasteiger partial charge is 0.358 e. The average Bonchev–Trinajstić information content (AvgIpc) is 3.35. The molecule has 0 fully saturated rings. The van der Waals surface area contributed by atoms with Gasteiger partial charge in [-0.3, -0.25) is 14.5 Å². The number of carbonyl (C=O) groups is 2. The van der Waals surface area contributed by atoms with E-state index in [2.05, 4.69) is 62.6 Å². The van der Waals surface area contributed by atoms with E-state index in [1.54, 1.807) is 7.05 Å². The second-order valence-electron chi connectivity index (χ2n) is 10.4. The van der Waals surface area contributed by atoms with Crippen molar-refractivity contribution in [3.05, 3.63) is 64.8 Å². The van der Waals surface area contributed by atoms with Crippen molar-refractivity contribution in [1.82, 2.24) is 14.8 Å². The zero-order valence-corrected chi connectivity index (χ0v) is 20.5. The van der Waals surface area contributed by atoms with Gasteiger partial charge >= 0.3 is 0 Å². The van der Waals surface area contributed by atoms with Gasteiger partial charge in [-0.1, -0.05) is 36.8 Å². The Morgan fingerprint density at radius 2 is 2.00 bits per heavy atom. The lowest BCUT2D eigenvalue weighted by Gasteiger charge is -2.33. The SMILES string of the molecule is CNC(=O)Cn1c2c(c3ccccc31)CCN(CCCC[C@@]13CCCc4cccc(c41)NC3=O)C2. The molecule has 1 aliphatic carbocycles. The standard InChI is InChI=1S/C29H34N4O2/c1-30-26(34)19-33-24-12-3-2-10-21(24)22-13-17-32(18-25(22)33)16-5-4-14-29-15-7-9-20-8-6-11-23(27(20)29)31-28(29)35/h2-3,6,8,10-12H,4-5,7,9,13-19H2,1H3,(H,30,34)(H,31,35)/t29-/m1/s1. The van der Waals surface area contributed by atoms with Crippen molar-refractivity contribution in [3.8, 4) is 0 Å². The van der Waals surface area contributed by atoms with Gasteiger partial charge in [0, 0.05) is 42.4 Å². The van der Waals surface area contributed by atoms with Crippen LogP contribution >= 0.6 is 0 Å². The molecule has 2 aliphatic heterocycles. The van der Waals surface area contributed by atoms with Gasteiger partial charge in [0.15, 0.2) is 0 Å². The van der Waals surface area contributed by atoms with Gasteiger partial charge in [0.2, 0.25) is 11.8 Å². The summed E-state index contributed by atoms with van der Waals surface area (Å²) in [6.45, 7) is 3.30. The number of hydrogen-bond acceptors (Lipinski definition) is 3. The number of rotatable bonds is 7. The van der Waals surface area contributed by atoms with E-state index in [9.17, 15) is 9.59 Å². The molecule has 35 heavy (non-hydrogen) atoms. The van der Waals surface area contributed by atoms with E-state index in [1.807, 2.05) is 0 Å². The van der Waals surface area contributed by atoms with Crippen LogP contribution in [0.2, 0.25) is 0 Å². The van der Waals surface area contributed by atoms with Crippen molar-refractivity contribution in [2.75, 3.05) is 25.5 Å². The first kappa shape index (κ1) is 22.4. The highest BCUT2D eigenvalue weighted by Crippen LogP contribution is 2.49. The topological polar surface area (TPSA) is 66.4 Å². The molecule has 1 atom stereocenters. The zero-order chi connectivity index (χ0) is 24.0. The number of likely N-dealkylation sites (N-methyl/N-ethyl adjacent to an activating group) is 1. The number of hydrogen-bond donors (Lipinski definition) is 2. The predicted molar refractivity (Wildman–Crippen MR) is 139 cm³/mol. The number of fused-ring (bicyclic) bond motifs is 3. The number of aromatic nitrogens is 1. The molecule has 0 radical (unpaired) electrons. The monoisotopic (exact) mass is 470 g/mol. The lowest BCUT2D eigenvalue weighted by molar-refractivity contribution is -0.122. The molecule has 2 amide bonds. The Morgan fingerprint density at radius 1 is 1.11 bits per heavy atom. The van der Waals surface area contributed by atoms with Crippen LogP contribution in [0.1, 0.15) is 54.5 Å². The maximum absolute atomic E-state index is 13.1. The van der Waals surface area contributed by atoms with Crippen LogP contribution in [0.3, 0.4) is 0 Å². The summed E-state index contributed by atoms with van der Waals surface area (Å²) < 4.78 is 2.21. The Labute approximate surface area is 206 Å². The third-order valence-electron chi connectivity index (χ3n) is 8.52. The number of aryl methyl sites for hydroxylation is 1. The normalized spacial score (nSPS) is 21.0. The van der Waals surface area contributed by atoms with Crippen LogP contribution in [0, 0.1) is 0 Å². The molecule has 0 spiro atoms. The van der Waals surface area contributed by atoms with E-state index in [1.165, 1.54) is 27.8 Å². The molecule has 2 N–H and O–H groups in total. The average molecular weight is 471 g/mol. The van der Waals surface area contributed by atoms with Gasteiger partial charge in [-0.05, 0) is 73.9 Å². The second kappa shape index (κ2) is 8.83. The third kappa shape index (κ3) is 3.66. The number of amides is 2. The van der Waals surface area contributed by atoms with E-state index in [-0.39, 0.29) is 17.2 Å². The van der Waals surface area contributed by atoms with Crippen molar-refractivity contribution in [3.63, 3.8) is 0 Å². The quantitative estimate of drug-likeness (QED) is 0.510. The summed E-state index contributed by atoms with van der Waals surface area (Å²) in [6, 6.07) is 14.8. The summed E-state index contributed by atoms with van der Waals surface area (Å²) in [5.74, 6) is 0.243. The van der Waals surface area contributed by atoms with Crippen molar-refractivity contribution in [2.24, 2.45) is 0 Å². The molecule has 0 bridgehead atoms. The van der Waals surface area contributed by atoms with Gasteiger partial charge in [-0.25, -0.2) is 0 Å². The third-order valence-corrected chi connectivity index (χ3v) is 8.52. The van der Waals surface area contributed by atoms with E-state index in [0.717, 1.165) is 75.8 Å². The molecule has 182 valence electrons. The Kier molecular flexibility index (Phi) is 5.64. The first-order chi connectivity index (χ1) is 17.1. The number of unbranched alkanes of at least 4 members (excludes halogenated alkanes) is 1. The highest BCUT2D eigenvalue weighted by atomic mass is 16.2. The number of carbonyl (C=O) groups excluding carboxylic acids is 2. The van der Waals surface area contributed by atoms with Crippen molar-refractivity contribution >= 4 is 28.4 Å². The van der Waals surface area contributed by atoms with E-state index >= 15 is 0 Å². The van der Waals surface area contributed by atoms with Crippen molar-refractivity contribution in [2.45, 2.75) is 63.5 Å². The maximum atomic E-state index is 13.1. The molecular weight excluding hydrogens is 436 g/mol.